The van der Waals surface area contributed by atoms with Gasteiger partial charge in [0.1, 0.15) is 0 Å². The SMILES string of the molecule is CC(C)CC[AsH]C(=O)O. The van der Waals surface area contributed by atoms with Crippen molar-refractivity contribution in [1.29, 1.82) is 0 Å². The van der Waals surface area contributed by atoms with Crippen LogP contribution in [0.3, 0.4) is 0 Å². The Kier molecular flexibility index (Phi) is 4.88. The summed E-state index contributed by atoms with van der Waals surface area (Å²) in [4.78, 5) is 10.0. The van der Waals surface area contributed by atoms with E-state index in [2.05, 4.69) is 13.8 Å². The third-order valence-electron chi connectivity index (χ3n) is 0.998. The van der Waals surface area contributed by atoms with Crippen molar-refractivity contribution < 1.29 is 9.90 Å². The van der Waals surface area contributed by atoms with Crippen molar-refractivity contribution in [1.82, 2.24) is 0 Å². The van der Waals surface area contributed by atoms with Crippen molar-refractivity contribution in [2.24, 2.45) is 5.92 Å². The topological polar surface area (TPSA) is 37.3 Å². The standard InChI is InChI=1S/C6H13AsO2/c1-5(2)3-4-7-6(8)9/h5,7H,3-4H2,1-2H3,(H,8,9). The average Bonchev–Trinajstić information content (AvgIpc) is 1.63. The predicted molar refractivity (Wildman–Crippen MR) is 39.4 cm³/mol. The molecule has 0 heterocycles. The van der Waals surface area contributed by atoms with Crippen LogP contribution in [0.25, 0.3) is 0 Å². The molecule has 0 aliphatic rings. The van der Waals surface area contributed by atoms with Crippen molar-refractivity contribution >= 4 is 20.5 Å². The first-order valence-corrected chi connectivity index (χ1v) is 5.63. The molecule has 0 aliphatic carbocycles. The zero-order chi connectivity index (χ0) is 7.28. The number of hydrogen-bond donors (Lipinski definition) is 1. The van der Waals surface area contributed by atoms with E-state index >= 15 is 0 Å². The molecule has 2 nitrogen and oxygen atoms in total. The zero-order valence-corrected chi connectivity index (χ0v) is 7.95. The summed E-state index contributed by atoms with van der Waals surface area (Å²) in [7, 11) is 0. The van der Waals surface area contributed by atoms with Gasteiger partial charge in [-0.25, -0.2) is 0 Å². The maximum absolute atomic E-state index is 10.0. The van der Waals surface area contributed by atoms with Crippen LogP contribution in [-0.4, -0.2) is 25.6 Å². The summed E-state index contributed by atoms with van der Waals surface area (Å²) in [6.45, 7) is 4.24. The molecule has 0 rings (SSSR count). The van der Waals surface area contributed by atoms with Gasteiger partial charge in [0, 0.05) is 0 Å². The number of carboxylic acid groups (broad SMARTS) is 1. The third-order valence-corrected chi connectivity index (χ3v) is 2.76. The molecule has 0 spiro atoms. The molecule has 0 saturated carbocycles. The Balaban J connectivity index is 3.01. The molecule has 9 heavy (non-hydrogen) atoms. The molecule has 0 aromatic rings. The van der Waals surface area contributed by atoms with E-state index in [1.54, 1.807) is 0 Å². The van der Waals surface area contributed by atoms with Gasteiger partial charge in [0.15, 0.2) is 0 Å². The molecule has 0 saturated heterocycles. The Hall–Kier alpha value is 0.0284. The number of hydrogen-bond acceptors (Lipinski definition) is 1. The first-order valence-electron chi connectivity index (χ1n) is 3.09. The molecule has 0 aromatic carbocycles. The minimum atomic E-state index is -0.670. The molecule has 0 aromatic heterocycles. The molecule has 1 atom stereocenters. The van der Waals surface area contributed by atoms with Crippen LogP contribution in [0.15, 0.2) is 0 Å². The van der Waals surface area contributed by atoms with Crippen LogP contribution in [-0.2, 0) is 0 Å². The van der Waals surface area contributed by atoms with E-state index in [1.807, 2.05) is 0 Å². The van der Waals surface area contributed by atoms with Crippen LogP contribution in [0.2, 0.25) is 5.21 Å². The zero-order valence-electron chi connectivity index (χ0n) is 5.85. The van der Waals surface area contributed by atoms with Crippen LogP contribution in [0, 0.1) is 5.92 Å². The van der Waals surface area contributed by atoms with E-state index in [0.717, 1.165) is 11.6 Å². The van der Waals surface area contributed by atoms with Gasteiger partial charge < -0.3 is 0 Å². The number of carbonyl (C=O) groups is 1. The number of rotatable bonds is 4. The normalized spacial score (nSPS) is 11.4. The first kappa shape index (κ1) is 9.03. The van der Waals surface area contributed by atoms with Gasteiger partial charge in [-0.15, -0.1) is 0 Å². The third kappa shape index (κ3) is 8.03. The summed E-state index contributed by atoms with van der Waals surface area (Å²) in [5.74, 6) is 0.660. The molecule has 1 unspecified atom stereocenters. The van der Waals surface area contributed by atoms with Crippen molar-refractivity contribution in [3.8, 4) is 0 Å². The average molecular weight is 192 g/mol. The molecule has 54 valence electrons. The Morgan fingerprint density at radius 3 is 2.56 bits per heavy atom. The fraction of sp³-hybridized carbons (Fsp3) is 0.833. The van der Waals surface area contributed by atoms with E-state index in [1.165, 1.54) is 0 Å². The quantitative estimate of drug-likeness (QED) is 0.686. The van der Waals surface area contributed by atoms with E-state index in [9.17, 15) is 4.79 Å². The van der Waals surface area contributed by atoms with Gasteiger partial charge in [0.05, 0.1) is 0 Å². The van der Waals surface area contributed by atoms with Gasteiger partial charge in [-0.3, -0.25) is 0 Å². The fourth-order valence-corrected chi connectivity index (χ4v) is 2.43. The molecule has 0 amide bonds. The summed E-state index contributed by atoms with van der Waals surface area (Å²) >= 11 is -0.670. The van der Waals surface area contributed by atoms with Crippen LogP contribution in [0.1, 0.15) is 20.3 Å². The Morgan fingerprint density at radius 1 is 1.67 bits per heavy atom. The van der Waals surface area contributed by atoms with Gasteiger partial charge >= 0.3 is 61.8 Å². The fourth-order valence-electron chi connectivity index (χ4n) is 0.468. The summed E-state index contributed by atoms with van der Waals surface area (Å²) in [5.41, 5.74) is 0. The monoisotopic (exact) mass is 192 g/mol. The van der Waals surface area contributed by atoms with E-state index in [-0.39, 0.29) is 0 Å². The summed E-state index contributed by atoms with van der Waals surface area (Å²) < 4.78 is -0.560. The minimum absolute atomic E-state index is 0.560. The van der Waals surface area contributed by atoms with E-state index in [4.69, 9.17) is 5.11 Å². The van der Waals surface area contributed by atoms with Crippen molar-refractivity contribution in [3.63, 3.8) is 0 Å². The molecule has 0 radical (unpaired) electrons. The molecular weight excluding hydrogens is 179 g/mol. The molecular formula is C6H13AsO2. The molecule has 0 bridgehead atoms. The van der Waals surface area contributed by atoms with E-state index in [0.29, 0.717) is 5.92 Å². The molecule has 1 N–H and O–H groups in total. The van der Waals surface area contributed by atoms with Crippen LogP contribution >= 0.6 is 0 Å². The molecule has 3 heteroatoms. The summed E-state index contributed by atoms with van der Waals surface area (Å²) in [5, 5.41) is 9.22. The first-order chi connectivity index (χ1) is 4.13. The second-order valence-corrected chi connectivity index (χ2v) is 5.10. The van der Waals surface area contributed by atoms with Crippen LogP contribution < -0.4 is 0 Å². The van der Waals surface area contributed by atoms with Crippen molar-refractivity contribution in [2.75, 3.05) is 0 Å². The second kappa shape index (κ2) is 4.87. The molecule has 0 fully saturated rings. The Morgan fingerprint density at radius 2 is 2.22 bits per heavy atom. The van der Waals surface area contributed by atoms with Crippen LogP contribution in [0.4, 0.5) is 4.79 Å². The molecule has 0 aliphatic heterocycles. The Labute approximate surface area is 62.3 Å². The predicted octanol–water partition coefficient (Wildman–Crippen LogP) is 1.57. The van der Waals surface area contributed by atoms with Crippen molar-refractivity contribution in [3.05, 3.63) is 0 Å². The van der Waals surface area contributed by atoms with Gasteiger partial charge in [0.25, 0.3) is 0 Å². The van der Waals surface area contributed by atoms with E-state index < -0.39 is 20.5 Å². The van der Waals surface area contributed by atoms with Crippen molar-refractivity contribution in [2.45, 2.75) is 25.5 Å². The summed E-state index contributed by atoms with van der Waals surface area (Å²) in [6, 6.07) is 0. The Bertz CT molecular complexity index is 91.1. The maximum atomic E-state index is 10.0. The summed E-state index contributed by atoms with van der Waals surface area (Å²) in [6.07, 6.45) is 1.08. The van der Waals surface area contributed by atoms with Crippen LogP contribution in [0.5, 0.6) is 0 Å². The second-order valence-electron chi connectivity index (χ2n) is 2.41. The van der Waals surface area contributed by atoms with Gasteiger partial charge in [0.2, 0.25) is 0 Å². The van der Waals surface area contributed by atoms with Gasteiger partial charge in [-0.05, 0) is 0 Å². The van der Waals surface area contributed by atoms with Gasteiger partial charge in [-0.2, -0.15) is 0 Å². The van der Waals surface area contributed by atoms with Gasteiger partial charge in [-0.1, -0.05) is 0 Å².